The monoisotopic (exact) mass is 394 g/mol. The van der Waals surface area contributed by atoms with E-state index >= 15 is 0 Å². The van der Waals surface area contributed by atoms with Crippen LogP contribution in [0.25, 0.3) is 22.1 Å². The van der Waals surface area contributed by atoms with Gasteiger partial charge in [0.2, 0.25) is 12.7 Å². The van der Waals surface area contributed by atoms with Crippen molar-refractivity contribution < 1.29 is 13.9 Å². The van der Waals surface area contributed by atoms with Crippen LogP contribution < -0.4 is 9.13 Å². The lowest BCUT2D eigenvalue weighted by Gasteiger charge is -2.02. The molecule has 0 atom stereocenters. The Bertz CT molecular complexity index is 933. The van der Waals surface area contributed by atoms with Crippen LogP contribution in [0.3, 0.4) is 0 Å². The fourth-order valence-electron chi connectivity index (χ4n) is 4.05. The summed E-state index contributed by atoms with van der Waals surface area (Å²) in [6.07, 6.45) is 4.50. The molecule has 0 saturated carbocycles. The SMILES string of the molecule is c1ccc2c(c1)n1c[n+]2CCOCC[n+]2cn(c3ccccc32)CCSCC1. The summed E-state index contributed by atoms with van der Waals surface area (Å²) in [7, 11) is 0. The van der Waals surface area contributed by atoms with E-state index in [-0.39, 0.29) is 0 Å². The van der Waals surface area contributed by atoms with Gasteiger partial charge in [0.1, 0.15) is 13.1 Å². The van der Waals surface area contributed by atoms with Gasteiger partial charge >= 0.3 is 0 Å². The summed E-state index contributed by atoms with van der Waals surface area (Å²) in [5, 5.41) is 0. The minimum atomic E-state index is 0.729. The van der Waals surface area contributed by atoms with Crippen LogP contribution in [0.15, 0.2) is 61.2 Å². The second-order valence-electron chi connectivity index (χ2n) is 7.21. The van der Waals surface area contributed by atoms with Gasteiger partial charge in [0.05, 0.1) is 26.3 Å². The molecule has 2 aromatic carbocycles. The van der Waals surface area contributed by atoms with Crippen molar-refractivity contribution in [2.45, 2.75) is 26.2 Å². The molecule has 0 amide bonds. The van der Waals surface area contributed by atoms with E-state index in [1.165, 1.54) is 22.1 Å². The first kappa shape index (κ1) is 17.8. The molecule has 4 aromatic rings. The summed E-state index contributed by atoms with van der Waals surface area (Å²) >= 11 is 2.03. The van der Waals surface area contributed by atoms with Gasteiger partial charge in [-0.25, -0.2) is 18.3 Å². The van der Waals surface area contributed by atoms with Crippen molar-refractivity contribution in [2.75, 3.05) is 24.7 Å². The van der Waals surface area contributed by atoms with E-state index in [2.05, 4.69) is 79.5 Å². The maximum absolute atomic E-state index is 6.00. The quantitative estimate of drug-likeness (QED) is 0.429. The van der Waals surface area contributed by atoms with Crippen molar-refractivity contribution in [1.82, 2.24) is 9.13 Å². The fourth-order valence-corrected chi connectivity index (χ4v) is 4.91. The van der Waals surface area contributed by atoms with Gasteiger partial charge in [-0.2, -0.15) is 11.8 Å². The lowest BCUT2D eigenvalue weighted by atomic mass is 10.3. The average Bonchev–Trinajstić information content (AvgIpc) is 3.26. The number of rotatable bonds is 0. The summed E-state index contributed by atoms with van der Waals surface area (Å²) < 4.78 is 15.4. The molecule has 5 nitrogen and oxygen atoms in total. The highest BCUT2D eigenvalue weighted by atomic mass is 32.2. The molecule has 0 N–H and O–H groups in total. The first-order chi connectivity index (χ1) is 13.9. The molecular formula is C22H26N4OS+2. The number of ether oxygens (including phenoxy) is 1. The van der Waals surface area contributed by atoms with E-state index in [0.29, 0.717) is 0 Å². The number of hydrogen-bond acceptors (Lipinski definition) is 2. The zero-order valence-electron chi connectivity index (χ0n) is 16.0. The molecule has 0 spiro atoms. The molecule has 0 saturated heterocycles. The number of aromatic nitrogens is 4. The van der Waals surface area contributed by atoms with E-state index in [4.69, 9.17) is 4.74 Å². The lowest BCUT2D eigenvalue weighted by molar-refractivity contribution is -0.681. The minimum Gasteiger partial charge on any atom is -0.373 e. The Balaban J connectivity index is 1.40. The number of nitrogens with zero attached hydrogens (tertiary/aromatic N) is 4. The van der Waals surface area contributed by atoms with Crippen LogP contribution in [-0.2, 0) is 30.9 Å². The van der Waals surface area contributed by atoms with Gasteiger partial charge in [-0.1, -0.05) is 24.3 Å². The molecule has 0 aliphatic carbocycles. The Morgan fingerprint density at radius 2 is 1.21 bits per heavy atom. The highest BCUT2D eigenvalue weighted by Gasteiger charge is 2.17. The fraction of sp³-hybridized carbons (Fsp3) is 0.364. The Kier molecular flexibility index (Phi) is 5.06. The van der Waals surface area contributed by atoms with Crippen molar-refractivity contribution in [1.29, 1.82) is 0 Å². The molecule has 2 aromatic heterocycles. The largest absolute Gasteiger partial charge is 0.373 e. The van der Waals surface area contributed by atoms with Gasteiger partial charge in [-0.3, -0.25) is 0 Å². The molecule has 4 bridgehead atoms. The molecule has 5 rings (SSSR count). The number of benzene rings is 2. The third-order valence-corrected chi connectivity index (χ3v) is 6.41. The molecule has 3 heterocycles. The van der Waals surface area contributed by atoms with E-state index in [0.717, 1.165) is 50.9 Å². The number of imidazole rings is 2. The molecule has 1 aliphatic heterocycles. The van der Waals surface area contributed by atoms with Crippen molar-refractivity contribution in [3.8, 4) is 0 Å². The predicted octanol–water partition coefficient (Wildman–Crippen LogP) is 2.63. The topological polar surface area (TPSA) is 26.8 Å². The van der Waals surface area contributed by atoms with Crippen LogP contribution >= 0.6 is 11.8 Å². The van der Waals surface area contributed by atoms with Gasteiger partial charge in [0, 0.05) is 11.5 Å². The lowest BCUT2D eigenvalue weighted by Crippen LogP contribution is -2.37. The molecule has 0 fully saturated rings. The summed E-state index contributed by atoms with van der Waals surface area (Å²) in [6, 6.07) is 17.3. The van der Waals surface area contributed by atoms with Crippen molar-refractivity contribution >= 4 is 33.8 Å². The zero-order valence-corrected chi connectivity index (χ0v) is 16.9. The second kappa shape index (κ2) is 7.97. The zero-order chi connectivity index (χ0) is 18.8. The standard InChI is InChI=1S/C22H26N4OS/c1-3-7-21-19(5-1)23-9-13-27-14-10-24-18-26(22-8-4-2-6-20(22)24)12-16-28-15-11-25(21)17-23/h1-8,17-18H,9-16H2/q+2. The van der Waals surface area contributed by atoms with Crippen LogP contribution in [0, 0.1) is 0 Å². The van der Waals surface area contributed by atoms with Crippen molar-refractivity contribution in [2.24, 2.45) is 0 Å². The van der Waals surface area contributed by atoms with Crippen molar-refractivity contribution in [3.05, 3.63) is 61.2 Å². The van der Waals surface area contributed by atoms with Gasteiger partial charge < -0.3 is 4.74 Å². The van der Waals surface area contributed by atoms with Crippen LogP contribution in [0.2, 0.25) is 0 Å². The summed E-state index contributed by atoms with van der Waals surface area (Å²) in [5.41, 5.74) is 5.19. The summed E-state index contributed by atoms with van der Waals surface area (Å²) in [5.74, 6) is 2.24. The van der Waals surface area contributed by atoms with Crippen LogP contribution in [-0.4, -0.2) is 33.9 Å². The number of aryl methyl sites for hydroxylation is 2. The smallest absolute Gasteiger partial charge is 0.244 e. The normalized spacial score (nSPS) is 16.6. The predicted molar refractivity (Wildman–Crippen MR) is 112 cm³/mol. The highest BCUT2D eigenvalue weighted by molar-refractivity contribution is 7.99. The summed E-state index contributed by atoms with van der Waals surface area (Å²) in [4.78, 5) is 0. The third kappa shape index (κ3) is 3.42. The molecule has 0 unspecified atom stereocenters. The van der Waals surface area contributed by atoms with Gasteiger partial charge in [0.15, 0.2) is 22.1 Å². The minimum absolute atomic E-state index is 0.729. The third-order valence-electron chi connectivity index (χ3n) is 5.46. The van der Waals surface area contributed by atoms with Crippen LogP contribution in [0.5, 0.6) is 0 Å². The molecule has 1 aliphatic rings. The number of fused-ring (bicyclic) bond motifs is 10. The summed E-state index contributed by atoms with van der Waals surface area (Å²) in [6.45, 7) is 5.29. The molecule has 6 heteroatoms. The number of para-hydroxylation sites is 4. The first-order valence-corrected chi connectivity index (χ1v) is 11.2. The molecular weight excluding hydrogens is 368 g/mol. The average molecular weight is 395 g/mol. The molecule has 0 radical (unpaired) electrons. The van der Waals surface area contributed by atoms with E-state index < -0.39 is 0 Å². The first-order valence-electron chi connectivity index (χ1n) is 10.0. The van der Waals surface area contributed by atoms with Gasteiger partial charge in [0.25, 0.3) is 0 Å². The van der Waals surface area contributed by atoms with Crippen LogP contribution in [0.4, 0.5) is 0 Å². The maximum atomic E-state index is 6.00. The van der Waals surface area contributed by atoms with E-state index in [9.17, 15) is 0 Å². The van der Waals surface area contributed by atoms with E-state index in [1.54, 1.807) is 0 Å². The molecule has 144 valence electrons. The Morgan fingerprint density at radius 1 is 0.714 bits per heavy atom. The van der Waals surface area contributed by atoms with Crippen LogP contribution in [0.1, 0.15) is 0 Å². The van der Waals surface area contributed by atoms with Gasteiger partial charge in [-0.15, -0.1) is 0 Å². The van der Waals surface area contributed by atoms with Crippen molar-refractivity contribution in [3.63, 3.8) is 0 Å². The van der Waals surface area contributed by atoms with Gasteiger partial charge in [-0.05, 0) is 24.3 Å². The number of hydrogen-bond donors (Lipinski definition) is 0. The Labute approximate surface area is 169 Å². The molecule has 28 heavy (non-hydrogen) atoms. The Hall–Kier alpha value is -2.31. The highest BCUT2D eigenvalue weighted by Crippen LogP contribution is 2.14. The Morgan fingerprint density at radius 3 is 1.75 bits per heavy atom. The second-order valence-corrected chi connectivity index (χ2v) is 8.43. The maximum Gasteiger partial charge on any atom is 0.244 e. The number of thioether (sulfide) groups is 1. The van der Waals surface area contributed by atoms with E-state index in [1.807, 2.05) is 11.8 Å².